The van der Waals surface area contributed by atoms with Crippen molar-refractivity contribution in [1.82, 2.24) is 25.1 Å². The molecule has 7 nitrogen and oxygen atoms in total. The first-order valence-corrected chi connectivity index (χ1v) is 7.40. The van der Waals surface area contributed by atoms with Crippen molar-refractivity contribution < 1.29 is 9.53 Å². The minimum absolute atomic E-state index is 0.0493. The number of rotatable bonds is 7. The van der Waals surface area contributed by atoms with Crippen LogP contribution in [0.2, 0.25) is 0 Å². The molecule has 0 saturated heterocycles. The molecule has 0 bridgehead atoms. The highest BCUT2D eigenvalue weighted by Gasteiger charge is 2.15. The Kier molecular flexibility index (Phi) is 5.70. The Bertz CT molecular complexity index is 588. The lowest BCUT2D eigenvalue weighted by atomic mass is 10.2. The molecule has 0 unspecified atom stereocenters. The second-order valence-corrected chi connectivity index (χ2v) is 5.09. The number of hydrogen-bond acceptors (Lipinski definition) is 6. The quantitative estimate of drug-likeness (QED) is 0.763. The molecule has 0 aromatic carbocycles. The van der Waals surface area contributed by atoms with Crippen LogP contribution in [0.1, 0.15) is 0 Å². The van der Waals surface area contributed by atoms with E-state index in [2.05, 4.69) is 20.5 Å². The molecule has 2 heterocycles. The lowest BCUT2D eigenvalue weighted by Crippen LogP contribution is -2.20. The van der Waals surface area contributed by atoms with Crippen LogP contribution >= 0.6 is 11.8 Å². The van der Waals surface area contributed by atoms with Gasteiger partial charge in [-0.3, -0.25) is 14.3 Å². The third kappa shape index (κ3) is 4.02. The van der Waals surface area contributed by atoms with Crippen LogP contribution in [0.25, 0.3) is 11.4 Å². The molecule has 0 radical (unpaired) electrons. The second kappa shape index (κ2) is 7.75. The fourth-order valence-electron chi connectivity index (χ4n) is 1.70. The molecule has 1 N–H and O–H groups in total. The van der Waals surface area contributed by atoms with E-state index >= 15 is 0 Å². The summed E-state index contributed by atoms with van der Waals surface area (Å²) in [4.78, 5) is 15.4. The number of ether oxygens (including phenoxy) is 1. The number of amides is 1. The highest BCUT2D eigenvalue weighted by atomic mass is 32.2. The van der Waals surface area contributed by atoms with Gasteiger partial charge in [0.15, 0.2) is 11.0 Å². The van der Waals surface area contributed by atoms with Crippen LogP contribution in [-0.4, -0.2) is 52.2 Å². The number of carbonyl (C=O) groups excluding carboxylic acids is 1. The van der Waals surface area contributed by atoms with Crippen molar-refractivity contribution in [3.8, 4) is 11.4 Å². The van der Waals surface area contributed by atoms with Crippen molar-refractivity contribution in [2.75, 3.05) is 26.5 Å². The summed E-state index contributed by atoms with van der Waals surface area (Å²) >= 11 is 1.35. The van der Waals surface area contributed by atoms with E-state index in [1.54, 1.807) is 26.6 Å². The van der Waals surface area contributed by atoms with E-state index in [0.29, 0.717) is 24.1 Å². The number of nitrogens with one attached hydrogen (secondary N) is 1. The Balaban J connectivity index is 2.24. The molecule has 1 amide bonds. The average Bonchev–Trinajstić information content (AvgIpc) is 2.94. The zero-order chi connectivity index (χ0) is 15.1. The fraction of sp³-hybridized carbons (Fsp3) is 0.385. The van der Waals surface area contributed by atoms with E-state index in [1.165, 1.54) is 11.8 Å². The Morgan fingerprint density at radius 1 is 1.38 bits per heavy atom. The van der Waals surface area contributed by atoms with Gasteiger partial charge >= 0.3 is 0 Å². The molecule has 0 spiro atoms. The average molecular weight is 307 g/mol. The minimum Gasteiger partial charge on any atom is -0.383 e. The number of thioether (sulfide) groups is 1. The van der Waals surface area contributed by atoms with E-state index in [9.17, 15) is 4.79 Å². The van der Waals surface area contributed by atoms with Gasteiger partial charge in [-0.15, -0.1) is 10.2 Å². The van der Waals surface area contributed by atoms with Crippen molar-refractivity contribution in [3.05, 3.63) is 24.5 Å². The summed E-state index contributed by atoms with van der Waals surface area (Å²) in [7, 11) is 3.26. The molecule has 21 heavy (non-hydrogen) atoms. The van der Waals surface area contributed by atoms with Crippen molar-refractivity contribution in [2.45, 2.75) is 11.7 Å². The first-order chi connectivity index (χ1) is 10.3. The zero-order valence-corrected chi connectivity index (χ0v) is 12.8. The van der Waals surface area contributed by atoms with Gasteiger partial charge in [0.1, 0.15) is 0 Å². The summed E-state index contributed by atoms with van der Waals surface area (Å²) in [6, 6.07) is 3.75. The molecule has 2 aromatic heterocycles. The van der Waals surface area contributed by atoms with E-state index in [-0.39, 0.29) is 5.91 Å². The highest BCUT2D eigenvalue weighted by molar-refractivity contribution is 7.99. The van der Waals surface area contributed by atoms with Crippen LogP contribution in [0.15, 0.2) is 29.7 Å². The molecule has 112 valence electrons. The highest BCUT2D eigenvalue weighted by Crippen LogP contribution is 2.23. The molecule has 0 fully saturated rings. The Morgan fingerprint density at radius 2 is 2.14 bits per heavy atom. The molecule has 0 saturated carbocycles. The van der Waals surface area contributed by atoms with E-state index in [1.807, 2.05) is 16.7 Å². The molecule has 8 heteroatoms. The molecule has 2 rings (SSSR count). The van der Waals surface area contributed by atoms with Gasteiger partial charge < -0.3 is 10.1 Å². The largest absolute Gasteiger partial charge is 0.383 e. The molecule has 0 aliphatic rings. The van der Waals surface area contributed by atoms with Crippen LogP contribution in [0.5, 0.6) is 0 Å². The summed E-state index contributed by atoms with van der Waals surface area (Å²) in [6.45, 7) is 1.17. The topological polar surface area (TPSA) is 81.9 Å². The molecule has 0 atom stereocenters. The minimum atomic E-state index is -0.0493. The van der Waals surface area contributed by atoms with E-state index in [0.717, 1.165) is 11.4 Å². The van der Waals surface area contributed by atoms with E-state index < -0.39 is 0 Å². The smallest absolute Gasteiger partial charge is 0.230 e. The van der Waals surface area contributed by atoms with Gasteiger partial charge in [-0.2, -0.15) is 0 Å². The monoisotopic (exact) mass is 307 g/mol. The summed E-state index contributed by atoms with van der Waals surface area (Å²) in [5.41, 5.74) is 0.931. The Labute approximate surface area is 127 Å². The van der Waals surface area contributed by atoms with Gasteiger partial charge in [0.05, 0.1) is 18.9 Å². The van der Waals surface area contributed by atoms with Crippen LogP contribution in [0, 0.1) is 0 Å². The number of aromatic nitrogens is 4. The standard InChI is InChI=1S/C13H17N5O2S/c1-14-11(19)9-21-13-17-16-12(18(13)7-8-20-2)10-3-5-15-6-4-10/h3-6H,7-9H2,1-2H3,(H,14,19). The maximum atomic E-state index is 11.4. The number of hydrogen-bond donors (Lipinski definition) is 1. The molecule has 0 aliphatic heterocycles. The van der Waals surface area contributed by atoms with E-state index in [4.69, 9.17) is 4.74 Å². The summed E-state index contributed by atoms with van der Waals surface area (Å²) in [5, 5.41) is 11.7. The van der Waals surface area contributed by atoms with Crippen molar-refractivity contribution in [2.24, 2.45) is 0 Å². The lowest BCUT2D eigenvalue weighted by Gasteiger charge is -2.09. The lowest BCUT2D eigenvalue weighted by molar-refractivity contribution is -0.118. The predicted molar refractivity (Wildman–Crippen MR) is 79.9 cm³/mol. The summed E-state index contributed by atoms with van der Waals surface area (Å²) < 4.78 is 7.08. The van der Waals surface area contributed by atoms with Crippen molar-refractivity contribution >= 4 is 17.7 Å². The van der Waals surface area contributed by atoms with Crippen LogP contribution in [0.4, 0.5) is 0 Å². The summed E-state index contributed by atoms with van der Waals surface area (Å²) in [6.07, 6.45) is 3.42. The van der Waals surface area contributed by atoms with Gasteiger partial charge in [-0.25, -0.2) is 0 Å². The SMILES string of the molecule is CNC(=O)CSc1nnc(-c2ccncc2)n1CCOC. The second-order valence-electron chi connectivity index (χ2n) is 4.15. The van der Waals surface area contributed by atoms with Gasteiger partial charge in [-0.05, 0) is 12.1 Å². The number of pyridine rings is 1. The van der Waals surface area contributed by atoms with Crippen molar-refractivity contribution in [1.29, 1.82) is 0 Å². The van der Waals surface area contributed by atoms with Gasteiger partial charge in [-0.1, -0.05) is 11.8 Å². The van der Waals surface area contributed by atoms with Gasteiger partial charge in [0.2, 0.25) is 5.91 Å². The van der Waals surface area contributed by atoms with Gasteiger partial charge in [0.25, 0.3) is 0 Å². The zero-order valence-electron chi connectivity index (χ0n) is 11.9. The first kappa shape index (κ1) is 15.5. The van der Waals surface area contributed by atoms with Crippen LogP contribution in [0.3, 0.4) is 0 Å². The van der Waals surface area contributed by atoms with Crippen molar-refractivity contribution in [3.63, 3.8) is 0 Å². The van der Waals surface area contributed by atoms with Crippen LogP contribution in [-0.2, 0) is 16.1 Å². The number of methoxy groups -OCH3 is 1. The maximum Gasteiger partial charge on any atom is 0.230 e. The summed E-state index contributed by atoms with van der Waals surface area (Å²) in [5.74, 6) is 0.999. The fourth-order valence-corrected chi connectivity index (χ4v) is 2.53. The molecule has 2 aromatic rings. The number of carbonyl (C=O) groups is 1. The van der Waals surface area contributed by atoms with Gasteiger partial charge in [0, 0.05) is 32.1 Å². The Morgan fingerprint density at radius 3 is 2.81 bits per heavy atom. The van der Waals surface area contributed by atoms with Crippen LogP contribution < -0.4 is 5.32 Å². The number of nitrogens with zero attached hydrogens (tertiary/aromatic N) is 4. The molecular weight excluding hydrogens is 290 g/mol. The molecule has 0 aliphatic carbocycles. The third-order valence-electron chi connectivity index (χ3n) is 2.79. The first-order valence-electron chi connectivity index (χ1n) is 6.42. The Hall–Kier alpha value is -1.93. The predicted octanol–water partition coefficient (Wildman–Crippen LogP) is 0.825. The normalized spacial score (nSPS) is 10.6. The maximum absolute atomic E-state index is 11.4. The third-order valence-corrected chi connectivity index (χ3v) is 3.75. The molecular formula is C13H17N5O2S.